The van der Waals surface area contributed by atoms with Crippen LogP contribution in [0.3, 0.4) is 0 Å². The van der Waals surface area contributed by atoms with Crippen LogP contribution < -0.4 is 14.2 Å². The standard InChI is InChI=1S/C21H25N3O4/c1-15-22-11-8-20(23-15)28-17-9-12-24(13-10-17)21(25)7-5-16-4-6-18(26-2)19(14-16)27-3/h4-8,11,14,17H,9-10,12-13H2,1-3H3/b7-5+. The minimum absolute atomic E-state index is 0.00823. The van der Waals surface area contributed by atoms with Crippen LogP contribution in [0.15, 0.2) is 36.5 Å². The van der Waals surface area contributed by atoms with E-state index in [1.807, 2.05) is 30.0 Å². The summed E-state index contributed by atoms with van der Waals surface area (Å²) in [6.45, 7) is 3.15. The quantitative estimate of drug-likeness (QED) is 0.714. The number of amides is 1. The highest BCUT2D eigenvalue weighted by Crippen LogP contribution is 2.28. The van der Waals surface area contributed by atoms with Gasteiger partial charge in [0.05, 0.1) is 14.2 Å². The molecule has 1 fully saturated rings. The molecule has 1 aliphatic rings. The lowest BCUT2D eigenvalue weighted by atomic mass is 10.1. The van der Waals surface area contributed by atoms with E-state index in [1.54, 1.807) is 38.6 Å². The molecule has 2 heterocycles. The van der Waals surface area contributed by atoms with Crippen molar-refractivity contribution in [2.24, 2.45) is 0 Å². The van der Waals surface area contributed by atoms with Gasteiger partial charge in [-0.3, -0.25) is 4.79 Å². The highest BCUT2D eigenvalue weighted by Gasteiger charge is 2.23. The lowest BCUT2D eigenvalue weighted by Gasteiger charge is -2.31. The van der Waals surface area contributed by atoms with Crippen LogP contribution in [0.2, 0.25) is 0 Å². The number of methoxy groups -OCH3 is 2. The van der Waals surface area contributed by atoms with Crippen LogP contribution in [0.25, 0.3) is 6.08 Å². The Hall–Kier alpha value is -3.09. The van der Waals surface area contributed by atoms with E-state index < -0.39 is 0 Å². The molecule has 0 atom stereocenters. The van der Waals surface area contributed by atoms with Gasteiger partial charge >= 0.3 is 0 Å². The average Bonchev–Trinajstić information content (AvgIpc) is 2.72. The number of hydrogen-bond donors (Lipinski definition) is 0. The molecule has 0 radical (unpaired) electrons. The van der Waals surface area contributed by atoms with Gasteiger partial charge in [0.25, 0.3) is 0 Å². The molecule has 1 saturated heterocycles. The highest BCUT2D eigenvalue weighted by atomic mass is 16.5. The minimum atomic E-state index is -0.00823. The van der Waals surface area contributed by atoms with E-state index in [4.69, 9.17) is 14.2 Å². The number of nitrogens with zero attached hydrogens (tertiary/aromatic N) is 3. The number of rotatable bonds is 6. The Labute approximate surface area is 165 Å². The van der Waals surface area contributed by atoms with Gasteiger partial charge in [-0.2, -0.15) is 4.98 Å². The normalized spacial score (nSPS) is 14.9. The van der Waals surface area contributed by atoms with Crippen molar-refractivity contribution in [2.75, 3.05) is 27.3 Å². The van der Waals surface area contributed by atoms with Crippen molar-refractivity contribution in [1.82, 2.24) is 14.9 Å². The Morgan fingerprint density at radius 3 is 2.57 bits per heavy atom. The molecule has 1 aliphatic heterocycles. The maximum Gasteiger partial charge on any atom is 0.246 e. The molecule has 0 N–H and O–H groups in total. The molecule has 2 aromatic rings. The summed E-state index contributed by atoms with van der Waals surface area (Å²) < 4.78 is 16.4. The number of likely N-dealkylation sites (tertiary alicyclic amines) is 1. The molecule has 0 unspecified atom stereocenters. The van der Waals surface area contributed by atoms with Gasteiger partial charge in [0.2, 0.25) is 11.8 Å². The highest BCUT2D eigenvalue weighted by molar-refractivity contribution is 5.91. The fourth-order valence-corrected chi connectivity index (χ4v) is 3.09. The van der Waals surface area contributed by atoms with E-state index in [-0.39, 0.29) is 12.0 Å². The topological polar surface area (TPSA) is 73.8 Å². The van der Waals surface area contributed by atoms with Crippen molar-refractivity contribution in [3.05, 3.63) is 47.9 Å². The Kier molecular flexibility index (Phi) is 6.47. The zero-order valence-electron chi connectivity index (χ0n) is 16.4. The third-order valence-electron chi connectivity index (χ3n) is 4.62. The number of benzene rings is 1. The Morgan fingerprint density at radius 1 is 1.14 bits per heavy atom. The Morgan fingerprint density at radius 2 is 1.89 bits per heavy atom. The van der Waals surface area contributed by atoms with Gasteiger partial charge in [-0.15, -0.1) is 0 Å². The van der Waals surface area contributed by atoms with Crippen LogP contribution in [-0.2, 0) is 4.79 Å². The fourth-order valence-electron chi connectivity index (χ4n) is 3.09. The molecule has 0 aliphatic carbocycles. The number of aryl methyl sites for hydroxylation is 1. The SMILES string of the molecule is COc1ccc(/C=C/C(=O)N2CCC(Oc3ccnc(C)n3)CC2)cc1OC. The van der Waals surface area contributed by atoms with Crippen LogP contribution in [0.5, 0.6) is 17.4 Å². The van der Waals surface area contributed by atoms with E-state index in [0.29, 0.717) is 36.3 Å². The molecule has 1 aromatic carbocycles. The third-order valence-corrected chi connectivity index (χ3v) is 4.62. The predicted molar refractivity (Wildman–Crippen MR) is 106 cm³/mol. The molecule has 3 rings (SSSR count). The number of ether oxygens (including phenoxy) is 3. The first kappa shape index (κ1) is 19.7. The minimum Gasteiger partial charge on any atom is -0.493 e. The molecule has 28 heavy (non-hydrogen) atoms. The van der Waals surface area contributed by atoms with E-state index in [1.165, 1.54) is 0 Å². The maximum absolute atomic E-state index is 12.5. The van der Waals surface area contributed by atoms with Crippen molar-refractivity contribution in [1.29, 1.82) is 0 Å². The van der Waals surface area contributed by atoms with Crippen molar-refractivity contribution in [2.45, 2.75) is 25.9 Å². The van der Waals surface area contributed by atoms with Gasteiger partial charge in [-0.05, 0) is 30.7 Å². The summed E-state index contributed by atoms with van der Waals surface area (Å²) >= 11 is 0. The van der Waals surface area contributed by atoms with Crippen molar-refractivity contribution >= 4 is 12.0 Å². The van der Waals surface area contributed by atoms with E-state index >= 15 is 0 Å². The van der Waals surface area contributed by atoms with Gasteiger partial charge in [0, 0.05) is 44.3 Å². The number of hydrogen-bond acceptors (Lipinski definition) is 6. The molecule has 1 aromatic heterocycles. The van der Waals surface area contributed by atoms with Gasteiger partial charge in [0.15, 0.2) is 11.5 Å². The number of carbonyl (C=O) groups is 1. The summed E-state index contributed by atoms with van der Waals surface area (Å²) in [4.78, 5) is 22.7. The molecule has 0 spiro atoms. The number of carbonyl (C=O) groups excluding carboxylic acids is 1. The summed E-state index contributed by atoms with van der Waals surface area (Å²) in [7, 11) is 3.18. The zero-order chi connectivity index (χ0) is 19.9. The second-order valence-corrected chi connectivity index (χ2v) is 6.53. The zero-order valence-corrected chi connectivity index (χ0v) is 16.4. The van der Waals surface area contributed by atoms with Gasteiger partial charge < -0.3 is 19.1 Å². The Bertz CT molecular complexity index is 845. The predicted octanol–water partition coefficient (Wildman–Crippen LogP) is 2.89. The lowest BCUT2D eigenvalue weighted by molar-refractivity contribution is -0.127. The van der Waals surface area contributed by atoms with Crippen molar-refractivity contribution in [3.8, 4) is 17.4 Å². The first-order valence-corrected chi connectivity index (χ1v) is 9.24. The second-order valence-electron chi connectivity index (χ2n) is 6.53. The molecule has 7 heteroatoms. The first-order chi connectivity index (χ1) is 13.6. The summed E-state index contributed by atoms with van der Waals surface area (Å²) in [6, 6.07) is 7.30. The molecular weight excluding hydrogens is 358 g/mol. The molecule has 0 bridgehead atoms. The summed E-state index contributed by atoms with van der Waals surface area (Å²) in [6.07, 6.45) is 6.69. The summed E-state index contributed by atoms with van der Waals surface area (Å²) in [5, 5.41) is 0. The Balaban J connectivity index is 1.53. The van der Waals surface area contributed by atoms with Gasteiger partial charge in [0.1, 0.15) is 11.9 Å². The summed E-state index contributed by atoms with van der Waals surface area (Å²) in [5.41, 5.74) is 0.878. The van der Waals surface area contributed by atoms with Crippen LogP contribution in [0.1, 0.15) is 24.2 Å². The van der Waals surface area contributed by atoms with Crippen molar-refractivity contribution < 1.29 is 19.0 Å². The van der Waals surface area contributed by atoms with E-state index in [0.717, 1.165) is 18.4 Å². The monoisotopic (exact) mass is 383 g/mol. The molecule has 1 amide bonds. The maximum atomic E-state index is 12.5. The number of piperidine rings is 1. The lowest BCUT2D eigenvalue weighted by Crippen LogP contribution is -2.41. The van der Waals surface area contributed by atoms with Crippen LogP contribution in [-0.4, -0.2) is 54.2 Å². The first-order valence-electron chi connectivity index (χ1n) is 9.24. The van der Waals surface area contributed by atoms with Gasteiger partial charge in [-0.1, -0.05) is 6.07 Å². The largest absolute Gasteiger partial charge is 0.493 e. The van der Waals surface area contributed by atoms with Gasteiger partial charge in [-0.25, -0.2) is 4.98 Å². The average molecular weight is 383 g/mol. The third kappa shape index (κ3) is 5.00. The van der Waals surface area contributed by atoms with E-state index in [2.05, 4.69) is 9.97 Å². The summed E-state index contributed by atoms with van der Waals surface area (Å²) in [5.74, 6) is 2.56. The fraction of sp³-hybridized carbons (Fsp3) is 0.381. The van der Waals surface area contributed by atoms with Crippen LogP contribution >= 0.6 is 0 Å². The molecular formula is C21H25N3O4. The molecule has 148 valence electrons. The second kappa shape index (κ2) is 9.21. The molecule has 0 saturated carbocycles. The van der Waals surface area contributed by atoms with Crippen LogP contribution in [0, 0.1) is 6.92 Å². The van der Waals surface area contributed by atoms with Crippen molar-refractivity contribution in [3.63, 3.8) is 0 Å². The molecule has 7 nitrogen and oxygen atoms in total. The van der Waals surface area contributed by atoms with Crippen LogP contribution in [0.4, 0.5) is 0 Å². The number of aromatic nitrogens is 2. The van der Waals surface area contributed by atoms with E-state index in [9.17, 15) is 4.79 Å². The smallest absolute Gasteiger partial charge is 0.246 e.